The smallest absolute Gasteiger partial charge is 0.293 e. The maximum Gasteiger partial charge on any atom is 0.293 e. The standard InChI is InChI=1S/C9H5N3O/c10-6-7-2-1-5-12-8(7)3-4-9(11)13/h1-2,5H,(H2,11,13). The maximum atomic E-state index is 10.3. The van der Waals surface area contributed by atoms with Gasteiger partial charge in [-0.15, -0.1) is 0 Å². The van der Waals surface area contributed by atoms with Crippen LogP contribution in [0.5, 0.6) is 0 Å². The van der Waals surface area contributed by atoms with E-state index < -0.39 is 5.91 Å². The molecule has 0 bridgehead atoms. The molecule has 1 rings (SSSR count). The van der Waals surface area contributed by atoms with Crippen molar-refractivity contribution in [2.75, 3.05) is 0 Å². The van der Waals surface area contributed by atoms with Gasteiger partial charge in [-0.1, -0.05) is 0 Å². The third kappa shape index (κ3) is 2.32. The summed E-state index contributed by atoms with van der Waals surface area (Å²) in [4.78, 5) is 14.1. The molecule has 0 aliphatic rings. The summed E-state index contributed by atoms with van der Waals surface area (Å²) in [6, 6.07) is 5.09. The summed E-state index contributed by atoms with van der Waals surface area (Å²) < 4.78 is 0. The van der Waals surface area contributed by atoms with E-state index in [1.165, 1.54) is 6.20 Å². The lowest BCUT2D eigenvalue weighted by Crippen LogP contribution is -2.06. The molecule has 0 radical (unpaired) electrons. The molecule has 0 aliphatic carbocycles. The van der Waals surface area contributed by atoms with Crippen molar-refractivity contribution in [3.05, 3.63) is 29.6 Å². The van der Waals surface area contributed by atoms with Crippen LogP contribution in [0.25, 0.3) is 0 Å². The highest BCUT2D eigenvalue weighted by Gasteiger charge is 1.97. The Morgan fingerprint density at radius 1 is 1.62 bits per heavy atom. The van der Waals surface area contributed by atoms with Gasteiger partial charge in [0, 0.05) is 12.1 Å². The normalized spacial score (nSPS) is 7.92. The van der Waals surface area contributed by atoms with Crippen LogP contribution in [0.15, 0.2) is 18.3 Å². The molecule has 13 heavy (non-hydrogen) atoms. The first-order valence-corrected chi connectivity index (χ1v) is 3.40. The predicted octanol–water partition coefficient (Wildman–Crippen LogP) is -0.210. The number of aromatic nitrogens is 1. The first-order valence-electron chi connectivity index (χ1n) is 3.40. The van der Waals surface area contributed by atoms with Crippen LogP contribution in [0, 0.1) is 23.2 Å². The molecule has 1 amide bonds. The summed E-state index contributed by atoms with van der Waals surface area (Å²) in [5, 5.41) is 8.61. The Balaban J connectivity index is 3.11. The summed E-state index contributed by atoms with van der Waals surface area (Å²) in [6.45, 7) is 0. The summed E-state index contributed by atoms with van der Waals surface area (Å²) in [5.41, 5.74) is 5.41. The molecule has 0 fully saturated rings. The van der Waals surface area contributed by atoms with Gasteiger partial charge in [-0.3, -0.25) is 4.79 Å². The fourth-order valence-corrected chi connectivity index (χ4v) is 0.716. The number of hydrogen-bond acceptors (Lipinski definition) is 3. The van der Waals surface area contributed by atoms with Crippen LogP contribution >= 0.6 is 0 Å². The first-order chi connectivity index (χ1) is 6.24. The van der Waals surface area contributed by atoms with Crippen molar-refractivity contribution in [3.8, 4) is 17.9 Å². The second-order valence-corrected chi connectivity index (χ2v) is 2.13. The van der Waals surface area contributed by atoms with Gasteiger partial charge in [0.05, 0.1) is 5.56 Å². The van der Waals surface area contributed by atoms with Crippen LogP contribution in [-0.2, 0) is 4.79 Å². The molecule has 0 aliphatic heterocycles. The third-order valence-electron chi connectivity index (χ3n) is 1.23. The molecule has 4 heteroatoms. The quantitative estimate of drug-likeness (QED) is 0.548. The van der Waals surface area contributed by atoms with Gasteiger partial charge in [-0.2, -0.15) is 5.26 Å². The van der Waals surface area contributed by atoms with Crippen LogP contribution in [0.3, 0.4) is 0 Å². The van der Waals surface area contributed by atoms with Gasteiger partial charge in [0.25, 0.3) is 5.91 Å². The average molecular weight is 171 g/mol. The van der Waals surface area contributed by atoms with Crippen molar-refractivity contribution in [2.24, 2.45) is 5.73 Å². The number of carbonyl (C=O) groups is 1. The number of nitrogens with zero attached hydrogens (tertiary/aromatic N) is 2. The molecule has 1 aromatic rings. The van der Waals surface area contributed by atoms with Gasteiger partial charge in [0.15, 0.2) is 0 Å². The van der Waals surface area contributed by atoms with Gasteiger partial charge in [0.1, 0.15) is 11.8 Å². The van der Waals surface area contributed by atoms with E-state index >= 15 is 0 Å². The van der Waals surface area contributed by atoms with Crippen LogP contribution < -0.4 is 5.73 Å². The van der Waals surface area contributed by atoms with Gasteiger partial charge < -0.3 is 5.73 Å². The lowest BCUT2D eigenvalue weighted by molar-refractivity contribution is -0.112. The van der Waals surface area contributed by atoms with Gasteiger partial charge >= 0.3 is 0 Å². The Kier molecular flexibility index (Phi) is 2.62. The summed E-state index contributed by atoms with van der Waals surface area (Å²) in [7, 11) is 0. The largest absolute Gasteiger partial charge is 0.359 e. The second kappa shape index (κ2) is 3.89. The molecule has 2 N–H and O–H groups in total. The molecule has 1 heterocycles. The lowest BCUT2D eigenvalue weighted by Gasteiger charge is -1.90. The Morgan fingerprint density at radius 2 is 2.38 bits per heavy atom. The molecule has 0 saturated heterocycles. The second-order valence-electron chi connectivity index (χ2n) is 2.13. The molecule has 0 saturated carbocycles. The number of carbonyl (C=O) groups excluding carboxylic acids is 1. The molecule has 0 unspecified atom stereocenters. The van der Waals surface area contributed by atoms with Crippen LogP contribution in [0.4, 0.5) is 0 Å². The van der Waals surface area contributed by atoms with Crippen molar-refractivity contribution < 1.29 is 4.79 Å². The Morgan fingerprint density at radius 3 is 3.00 bits per heavy atom. The van der Waals surface area contributed by atoms with E-state index in [9.17, 15) is 4.79 Å². The van der Waals surface area contributed by atoms with Gasteiger partial charge in [-0.25, -0.2) is 4.98 Å². The average Bonchev–Trinajstić information content (AvgIpc) is 2.15. The Bertz CT molecular complexity index is 434. The third-order valence-corrected chi connectivity index (χ3v) is 1.23. The summed E-state index contributed by atoms with van der Waals surface area (Å²) >= 11 is 0. The van der Waals surface area contributed by atoms with E-state index in [0.29, 0.717) is 5.56 Å². The van der Waals surface area contributed by atoms with E-state index in [4.69, 9.17) is 11.0 Å². The highest BCUT2D eigenvalue weighted by molar-refractivity contribution is 5.92. The Labute approximate surface area is 75.0 Å². The molecular formula is C9H5N3O. The van der Waals surface area contributed by atoms with E-state index in [2.05, 4.69) is 16.8 Å². The van der Waals surface area contributed by atoms with Crippen molar-refractivity contribution >= 4 is 5.91 Å². The zero-order valence-electron chi connectivity index (χ0n) is 6.61. The first kappa shape index (κ1) is 8.76. The number of hydrogen-bond donors (Lipinski definition) is 1. The lowest BCUT2D eigenvalue weighted by atomic mass is 10.2. The highest BCUT2D eigenvalue weighted by Crippen LogP contribution is 2.00. The number of nitrogens with two attached hydrogens (primary N) is 1. The minimum atomic E-state index is -0.741. The zero-order chi connectivity index (χ0) is 9.68. The van der Waals surface area contributed by atoms with E-state index in [0.717, 1.165) is 0 Å². The summed E-state index contributed by atoms with van der Waals surface area (Å²) in [5.74, 6) is 3.78. The minimum absolute atomic E-state index is 0.267. The van der Waals surface area contributed by atoms with Crippen molar-refractivity contribution in [1.29, 1.82) is 5.26 Å². The fraction of sp³-hybridized carbons (Fsp3) is 0. The predicted molar refractivity (Wildman–Crippen MR) is 45.0 cm³/mol. The van der Waals surface area contributed by atoms with Crippen molar-refractivity contribution in [3.63, 3.8) is 0 Å². The van der Waals surface area contributed by atoms with E-state index in [1.807, 2.05) is 6.07 Å². The van der Waals surface area contributed by atoms with Crippen molar-refractivity contribution in [2.45, 2.75) is 0 Å². The Hall–Kier alpha value is -2.33. The summed E-state index contributed by atoms with van der Waals surface area (Å²) in [6.07, 6.45) is 1.49. The minimum Gasteiger partial charge on any atom is -0.359 e. The molecule has 0 aromatic carbocycles. The molecule has 1 aromatic heterocycles. The molecular weight excluding hydrogens is 166 g/mol. The number of nitriles is 1. The fourth-order valence-electron chi connectivity index (χ4n) is 0.716. The van der Waals surface area contributed by atoms with Gasteiger partial charge in [0.2, 0.25) is 0 Å². The topological polar surface area (TPSA) is 79.8 Å². The zero-order valence-corrected chi connectivity index (χ0v) is 6.61. The number of amides is 1. The van der Waals surface area contributed by atoms with Gasteiger partial charge in [-0.05, 0) is 18.1 Å². The maximum absolute atomic E-state index is 10.3. The van der Waals surface area contributed by atoms with Crippen LogP contribution in [-0.4, -0.2) is 10.9 Å². The monoisotopic (exact) mass is 171 g/mol. The van der Waals surface area contributed by atoms with E-state index in [-0.39, 0.29) is 5.69 Å². The molecule has 0 atom stereocenters. The number of primary amides is 1. The van der Waals surface area contributed by atoms with Crippen LogP contribution in [0.2, 0.25) is 0 Å². The number of rotatable bonds is 0. The number of pyridine rings is 1. The SMILES string of the molecule is N#Cc1cccnc1C#CC(N)=O. The highest BCUT2D eigenvalue weighted by atomic mass is 16.1. The van der Waals surface area contributed by atoms with E-state index in [1.54, 1.807) is 12.1 Å². The van der Waals surface area contributed by atoms with Crippen LogP contribution in [0.1, 0.15) is 11.3 Å². The molecule has 62 valence electrons. The molecule has 4 nitrogen and oxygen atoms in total. The molecule has 0 spiro atoms. The van der Waals surface area contributed by atoms with Crippen molar-refractivity contribution in [1.82, 2.24) is 4.98 Å².